The summed E-state index contributed by atoms with van der Waals surface area (Å²) in [7, 11) is 0. The summed E-state index contributed by atoms with van der Waals surface area (Å²) in [4.78, 5) is 26.6. The standard InChI is InChI=1S/C16H19NO3/c1-11-9-12(10-20-11)16(19)17-8-4-7-15(18)13-5-2-3-6-14(13)17/h2-3,5-6,11-12H,4,7-10H2,1H3. The summed E-state index contributed by atoms with van der Waals surface area (Å²) in [5.74, 6) is 0.148. The lowest BCUT2D eigenvalue weighted by molar-refractivity contribution is -0.122. The molecule has 1 saturated heterocycles. The third kappa shape index (κ3) is 2.36. The summed E-state index contributed by atoms with van der Waals surface area (Å²) in [5.41, 5.74) is 1.44. The van der Waals surface area contributed by atoms with Gasteiger partial charge in [0, 0.05) is 18.5 Å². The molecule has 4 nitrogen and oxygen atoms in total. The van der Waals surface area contributed by atoms with Gasteiger partial charge in [-0.05, 0) is 31.9 Å². The van der Waals surface area contributed by atoms with E-state index in [1.165, 1.54) is 0 Å². The molecule has 0 saturated carbocycles. The minimum absolute atomic E-state index is 0.0775. The number of hydrogen-bond acceptors (Lipinski definition) is 3. The van der Waals surface area contributed by atoms with E-state index in [4.69, 9.17) is 4.74 Å². The molecule has 0 bridgehead atoms. The van der Waals surface area contributed by atoms with Gasteiger partial charge in [0.25, 0.3) is 0 Å². The van der Waals surface area contributed by atoms with E-state index in [0.717, 1.165) is 18.5 Å². The maximum absolute atomic E-state index is 12.7. The van der Waals surface area contributed by atoms with E-state index in [1.807, 2.05) is 31.2 Å². The van der Waals surface area contributed by atoms with Crippen LogP contribution in [0.3, 0.4) is 0 Å². The lowest BCUT2D eigenvalue weighted by atomic mass is 10.0. The molecule has 1 aromatic rings. The quantitative estimate of drug-likeness (QED) is 0.789. The Hall–Kier alpha value is -1.68. The van der Waals surface area contributed by atoms with Crippen molar-refractivity contribution in [1.29, 1.82) is 0 Å². The molecule has 2 heterocycles. The summed E-state index contributed by atoms with van der Waals surface area (Å²) in [5, 5.41) is 0. The van der Waals surface area contributed by atoms with Crippen LogP contribution in [0.4, 0.5) is 5.69 Å². The van der Waals surface area contributed by atoms with Crippen LogP contribution in [0, 0.1) is 5.92 Å². The zero-order valence-corrected chi connectivity index (χ0v) is 11.7. The average molecular weight is 273 g/mol. The number of amides is 1. The molecule has 20 heavy (non-hydrogen) atoms. The fourth-order valence-corrected chi connectivity index (χ4v) is 3.04. The molecular formula is C16H19NO3. The molecule has 0 aromatic heterocycles. The highest BCUT2D eigenvalue weighted by Gasteiger charge is 2.34. The Balaban J connectivity index is 1.91. The van der Waals surface area contributed by atoms with Gasteiger partial charge in [0.2, 0.25) is 5.91 Å². The summed E-state index contributed by atoms with van der Waals surface area (Å²) in [6.07, 6.45) is 2.15. The molecule has 1 amide bonds. The van der Waals surface area contributed by atoms with Gasteiger partial charge in [0.15, 0.2) is 5.78 Å². The van der Waals surface area contributed by atoms with Crippen molar-refractivity contribution in [3.8, 4) is 0 Å². The third-order valence-corrected chi connectivity index (χ3v) is 4.09. The summed E-state index contributed by atoms with van der Waals surface area (Å²) < 4.78 is 5.50. The Bertz CT molecular complexity index is 540. The fraction of sp³-hybridized carbons (Fsp3) is 0.500. The predicted molar refractivity (Wildman–Crippen MR) is 75.9 cm³/mol. The largest absolute Gasteiger partial charge is 0.378 e. The zero-order chi connectivity index (χ0) is 14.1. The van der Waals surface area contributed by atoms with E-state index in [1.54, 1.807) is 4.90 Å². The molecule has 0 aliphatic carbocycles. The number of ketones is 1. The van der Waals surface area contributed by atoms with Gasteiger partial charge in [-0.3, -0.25) is 9.59 Å². The monoisotopic (exact) mass is 273 g/mol. The molecule has 3 rings (SSSR count). The number of nitrogens with zero attached hydrogens (tertiary/aromatic N) is 1. The van der Waals surface area contributed by atoms with Gasteiger partial charge in [-0.25, -0.2) is 0 Å². The number of carbonyl (C=O) groups is 2. The first kappa shape index (κ1) is 13.3. The SMILES string of the molecule is CC1CC(C(=O)N2CCCC(=O)c3ccccc32)CO1. The molecule has 4 heteroatoms. The number of carbonyl (C=O) groups excluding carboxylic acids is 2. The number of benzene rings is 1. The predicted octanol–water partition coefficient (Wildman–Crippen LogP) is 2.42. The van der Waals surface area contributed by atoms with Crippen LogP contribution in [0.5, 0.6) is 0 Å². The minimum atomic E-state index is -0.0775. The maximum atomic E-state index is 12.7. The van der Waals surface area contributed by atoms with Gasteiger partial charge in [0.05, 0.1) is 24.3 Å². The molecule has 0 N–H and O–H groups in total. The molecule has 2 aliphatic rings. The highest BCUT2D eigenvalue weighted by Crippen LogP contribution is 2.30. The van der Waals surface area contributed by atoms with Gasteiger partial charge >= 0.3 is 0 Å². The molecule has 1 aromatic carbocycles. The summed E-state index contributed by atoms with van der Waals surface area (Å²) in [6, 6.07) is 7.42. The highest BCUT2D eigenvalue weighted by molar-refractivity contribution is 6.07. The minimum Gasteiger partial charge on any atom is -0.378 e. The van der Waals surface area contributed by atoms with Crippen molar-refractivity contribution in [3.63, 3.8) is 0 Å². The van der Waals surface area contributed by atoms with Crippen LogP contribution in [0.2, 0.25) is 0 Å². The molecular weight excluding hydrogens is 254 g/mol. The number of anilines is 1. The third-order valence-electron chi connectivity index (χ3n) is 4.09. The molecule has 2 unspecified atom stereocenters. The van der Waals surface area contributed by atoms with Crippen LogP contribution < -0.4 is 4.90 Å². The molecule has 2 aliphatic heterocycles. The Morgan fingerprint density at radius 1 is 1.35 bits per heavy atom. The van der Waals surface area contributed by atoms with Gasteiger partial charge in [-0.2, -0.15) is 0 Å². The first-order chi connectivity index (χ1) is 9.66. The summed E-state index contributed by atoms with van der Waals surface area (Å²) >= 11 is 0. The van der Waals surface area contributed by atoms with Crippen molar-refractivity contribution in [1.82, 2.24) is 0 Å². The van der Waals surface area contributed by atoms with E-state index in [2.05, 4.69) is 0 Å². The van der Waals surface area contributed by atoms with Gasteiger partial charge in [-0.15, -0.1) is 0 Å². The number of ether oxygens (including phenoxy) is 1. The lowest BCUT2D eigenvalue weighted by Gasteiger charge is -2.25. The first-order valence-corrected chi connectivity index (χ1v) is 7.22. The van der Waals surface area contributed by atoms with Crippen LogP contribution in [-0.4, -0.2) is 30.9 Å². The maximum Gasteiger partial charge on any atom is 0.232 e. The molecule has 0 spiro atoms. The number of para-hydroxylation sites is 1. The van der Waals surface area contributed by atoms with Crippen molar-refractivity contribution in [2.45, 2.75) is 32.3 Å². The number of fused-ring (bicyclic) bond motifs is 1. The average Bonchev–Trinajstić information content (AvgIpc) is 2.82. The van der Waals surface area contributed by atoms with Crippen LogP contribution >= 0.6 is 0 Å². The molecule has 106 valence electrons. The van der Waals surface area contributed by atoms with Gasteiger partial charge < -0.3 is 9.64 Å². The topological polar surface area (TPSA) is 46.6 Å². The Labute approximate surface area is 118 Å². The van der Waals surface area contributed by atoms with Crippen LogP contribution in [0.1, 0.15) is 36.5 Å². The van der Waals surface area contributed by atoms with E-state index < -0.39 is 0 Å². The van der Waals surface area contributed by atoms with Crippen LogP contribution in [-0.2, 0) is 9.53 Å². The molecule has 0 radical (unpaired) electrons. The van der Waals surface area contributed by atoms with E-state index >= 15 is 0 Å². The molecule has 2 atom stereocenters. The van der Waals surface area contributed by atoms with E-state index in [0.29, 0.717) is 25.1 Å². The highest BCUT2D eigenvalue weighted by atomic mass is 16.5. The lowest BCUT2D eigenvalue weighted by Crippen LogP contribution is -2.37. The Kier molecular flexibility index (Phi) is 3.57. The van der Waals surface area contributed by atoms with Gasteiger partial charge in [0.1, 0.15) is 0 Å². The van der Waals surface area contributed by atoms with Crippen molar-refractivity contribution < 1.29 is 14.3 Å². The van der Waals surface area contributed by atoms with Gasteiger partial charge in [-0.1, -0.05) is 12.1 Å². The first-order valence-electron chi connectivity index (χ1n) is 7.22. The van der Waals surface area contributed by atoms with Crippen LogP contribution in [0.25, 0.3) is 0 Å². The smallest absolute Gasteiger partial charge is 0.232 e. The van der Waals surface area contributed by atoms with Crippen molar-refractivity contribution in [2.75, 3.05) is 18.1 Å². The fourth-order valence-electron chi connectivity index (χ4n) is 3.04. The van der Waals surface area contributed by atoms with E-state index in [-0.39, 0.29) is 23.7 Å². The number of Topliss-reactive ketones (excluding diaryl/α,β-unsaturated/α-hetero) is 1. The van der Waals surface area contributed by atoms with E-state index in [9.17, 15) is 9.59 Å². The zero-order valence-electron chi connectivity index (χ0n) is 11.7. The number of hydrogen-bond donors (Lipinski definition) is 0. The second kappa shape index (κ2) is 5.37. The second-order valence-corrected chi connectivity index (χ2v) is 5.61. The summed E-state index contributed by atoms with van der Waals surface area (Å²) in [6.45, 7) is 3.10. The Morgan fingerprint density at radius 3 is 2.90 bits per heavy atom. The second-order valence-electron chi connectivity index (χ2n) is 5.61. The number of rotatable bonds is 1. The van der Waals surface area contributed by atoms with Crippen molar-refractivity contribution in [3.05, 3.63) is 29.8 Å². The normalized spacial score (nSPS) is 26.2. The van der Waals surface area contributed by atoms with Crippen molar-refractivity contribution >= 4 is 17.4 Å². The molecule has 1 fully saturated rings. The van der Waals surface area contributed by atoms with Crippen molar-refractivity contribution in [2.24, 2.45) is 5.92 Å². The van der Waals surface area contributed by atoms with Crippen LogP contribution in [0.15, 0.2) is 24.3 Å². The Morgan fingerprint density at radius 2 is 2.15 bits per heavy atom.